The van der Waals surface area contributed by atoms with E-state index in [1.165, 1.54) is 0 Å². The zero-order valence-electron chi connectivity index (χ0n) is 41.8. The van der Waals surface area contributed by atoms with E-state index in [2.05, 4.69) is 40.9 Å². The molecule has 0 unspecified atom stereocenters. The van der Waals surface area contributed by atoms with Crippen molar-refractivity contribution in [3.63, 3.8) is 0 Å². The second-order valence-electron chi connectivity index (χ2n) is 14.0. The van der Waals surface area contributed by atoms with Gasteiger partial charge < -0.3 is 28.7 Å². The molecule has 0 atom stereocenters. The molecule has 8 aromatic rings. The average Bonchev–Trinajstić information content (AvgIpc) is 3.46. The van der Waals surface area contributed by atoms with Crippen molar-refractivity contribution in [1.82, 2.24) is 0 Å². The second-order valence-corrected chi connectivity index (χ2v) is 14.0. The van der Waals surface area contributed by atoms with Crippen LogP contribution in [-0.4, -0.2) is 6.54 Å². The SMILES string of the molecule is CC.CC.CCN.NCc1cc(CN)cc(N=Nc2ccccc2)c1.NCc1ccc(N=Nc2ccccc2)cc1.NCc1cccc(N=Nc2ccccc2)c1.c1ccc(N=Nc2ccccc2)cc1. The van der Waals surface area contributed by atoms with Crippen LogP contribution in [0, 0.1) is 0 Å². The molecule has 13 nitrogen and oxygen atoms in total. The van der Waals surface area contributed by atoms with Gasteiger partial charge >= 0.3 is 0 Å². The molecule has 71 heavy (non-hydrogen) atoms. The van der Waals surface area contributed by atoms with E-state index in [9.17, 15) is 0 Å². The first-order valence-electron chi connectivity index (χ1n) is 23.7. The van der Waals surface area contributed by atoms with Crippen LogP contribution in [-0.2, 0) is 26.2 Å². The van der Waals surface area contributed by atoms with Gasteiger partial charge in [0.2, 0.25) is 0 Å². The van der Waals surface area contributed by atoms with Gasteiger partial charge in [-0.1, -0.05) is 156 Å². The van der Waals surface area contributed by atoms with Crippen molar-refractivity contribution in [3.05, 3.63) is 241 Å². The number of rotatable bonds is 12. The highest BCUT2D eigenvalue weighted by Crippen LogP contribution is 2.23. The monoisotopic (exact) mass is 950 g/mol. The first-order chi connectivity index (χ1) is 34.9. The van der Waals surface area contributed by atoms with E-state index >= 15 is 0 Å². The van der Waals surface area contributed by atoms with Crippen LogP contribution in [0.4, 0.5) is 45.5 Å². The van der Waals surface area contributed by atoms with Gasteiger partial charge in [-0.15, -0.1) is 0 Å². The first kappa shape index (κ1) is 59.1. The van der Waals surface area contributed by atoms with E-state index in [0.717, 1.165) is 74.3 Å². The predicted octanol–water partition coefficient (Wildman–Crippen LogP) is 16.3. The number of hydrogen-bond donors (Lipinski definition) is 5. The third-order valence-corrected chi connectivity index (χ3v) is 8.73. The molecule has 0 heterocycles. The molecule has 0 aliphatic carbocycles. The fourth-order valence-corrected chi connectivity index (χ4v) is 5.42. The molecule has 8 aromatic carbocycles. The molecule has 0 fully saturated rings. The van der Waals surface area contributed by atoms with Gasteiger partial charge in [-0.3, -0.25) is 0 Å². The topological polar surface area (TPSA) is 229 Å². The number of azo groups is 4. The van der Waals surface area contributed by atoms with E-state index in [-0.39, 0.29) is 0 Å². The van der Waals surface area contributed by atoms with Crippen molar-refractivity contribution in [2.75, 3.05) is 6.54 Å². The lowest BCUT2D eigenvalue weighted by molar-refractivity contribution is 1.02. The smallest absolute Gasteiger partial charge is 0.0863 e. The van der Waals surface area contributed by atoms with Crippen LogP contribution in [0.3, 0.4) is 0 Å². The third-order valence-electron chi connectivity index (χ3n) is 8.73. The van der Waals surface area contributed by atoms with Gasteiger partial charge in [0.05, 0.1) is 45.5 Å². The summed E-state index contributed by atoms with van der Waals surface area (Å²) in [5.74, 6) is 0. The predicted molar refractivity (Wildman–Crippen MR) is 297 cm³/mol. The van der Waals surface area contributed by atoms with Crippen LogP contribution in [0.15, 0.2) is 259 Å². The Hall–Kier alpha value is -8.04. The number of benzene rings is 8. The maximum atomic E-state index is 5.64. The molecule has 368 valence electrons. The molecule has 0 saturated carbocycles. The molecule has 0 saturated heterocycles. The van der Waals surface area contributed by atoms with Crippen LogP contribution in [0.2, 0.25) is 0 Å². The Morgan fingerprint density at radius 1 is 0.239 bits per heavy atom. The Labute approximate surface area is 421 Å². The number of nitrogens with two attached hydrogens (primary N) is 5. The summed E-state index contributed by atoms with van der Waals surface area (Å²) in [6.07, 6.45) is 0. The summed E-state index contributed by atoms with van der Waals surface area (Å²) < 4.78 is 0. The van der Waals surface area contributed by atoms with Gasteiger partial charge in [0.1, 0.15) is 0 Å². The molecule has 0 radical (unpaired) electrons. The molecule has 0 amide bonds. The Kier molecular flexibility index (Phi) is 32.4. The molecule has 8 rings (SSSR count). The number of nitrogens with zero attached hydrogens (tertiary/aromatic N) is 8. The maximum Gasteiger partial charge on any atom is 0.0863 e. The normalized spacial score (nSPS) is 10.2. The Morgan fingerprint density at radius 2 is 0.479 bits per heavy atom. The van der Waals surface area contributed by atoms with Gasteiger partial charge in [0.25, 0.3) is 0 Å². The standard InChI is InChI=1S/C14H16N4.2C13H13N3.C12H10N2.C2H7N.2C2H6/c15-9-11-6-12(10-16)8-14(7-11)18-17-13-4-2-1-3-5-13;14-10-11-5-4-8-13(9-11)16-15-12-6-2-1-3-7-12;14-10-11-6-8-13(9-7-11)16-15-12-4-2-1-3-5-12;1-3-7-11(8-4-1)13-14-12-9-5-2-6-10-12;1-2-3;2*1-2/h1-8H,9-10,15-16H2;2*1-9H,10,14H2;1-10H;2-3H2,1H3;2*1-2H3. The molecule has 13 heteroatoms. The van der Waals surface area contributed by atoms with Crippen molar-refractivity contribution in [1.29, 1.82) is 0 Å². The summed E-state index contributed by atoms with van der Waals surface area (Å²) in [5.41, 5.74) is 38.1. The van der Waals surface area contributed by atoms with Crippen molar-refractivity contribution in [2.24, 2.45) is 69.6 Å². The van der Waals surface area contributed by atoms with Gasteiger partial charge in [-0.25, -0.2) is 0 Å². The van der Waals surface area contributed by atoms with Crippen LogP contribution in [0.25, 0.3) is 0 Å². The third kappa shape index (κ3) is 26.3. The minimum Gasteiger partial charge on any atom is -0.331 e. The highest BCUT2D eigenvalue weighted by molar-refractivity contribution is 5.46. The summed E-state index contributed by atoms with van der Waals surface area (Å²) in [5, 5.41) is 33.1. The molecule has 0 spiro atoms. The van der Waals surface area contributed by atoms with Gasteiger partial charge in [0.15, 0.2) is 0 Å². The van der Waals surface area contributed by atoms with Crippen molar-refractivity contribution in [3.8, 4) is 0 Å². The Bertz CT molecular complexity index is 2580. The summed E-state index contributed by atoms with van der Waals surface area (Å²) in [7, 11) is 0. The summed E-state index contributed by atoms with van der Waals surface area (Å²) in [6.45, 7) is 12.7. The zero-order chi connectivity index (χ0) is 51.6. The molecule has 0 bridgehead atoms. The molecule has 0 aromatic heterocycles. The second kappa shape index (κ2) is 38.9. The lowest BCUT2D eigenvalue weighted by Gasteiger charge is -2.03. The minimum atomic E-state index is 0.474. The minimum absolute atomic E-state index is 0.474. The maximum absolute atomic E-state index is 5.64. The van der Waals surface area contributed by atoms with Gasteiger partial charge in [-0.2, -0.15) is 40.9 Å². The van der Waals surface area contributed by atoms with Crippen molar-refractivity contribution < 1.29 is 0 Å². The summed E-state index contributed by atoms with van der Waals surface area (Å²) in [6, 6.07) is 69.6. The van der Waals surface area contributed by atoms with Crippen molar-refractivity contribution >= 4 is 45.5 Å². The summed E-state index contributed by atoms with van der Waals surface area (Å²) in [4.78, 5) is 0. The van der Waals surface area contributed by atoms with E-state index in [4.69, 9.17) is 28.7 Å². The van der Waals surface area contributed by atoms with Crippen LogP contribution >= 0.6 is 0 Å². The van der Waals surface area contributed by atoms with Gasteiger partial charge in [0, 0.05) is 26.2 Å². The highest BCUT2D eigenvalue weighted by Gasteiger charge is 1.99. The van der Waals surface area contributed by atoms with E-state index < -0.39 is 0 Å². The van der Waals surface area contributed by atoms with E-state index in [1.54, 1.807) is 0 Å². The average molecular weight is 950 g/mol. The summed E-state index contributed by atoms with van der Waals surface area (Å²) >= 11 is 0. The van der Waals surface area contributed by atoms with Crippen molar-refractivity contribution in [2.45, 2.75) is 60.8 Å². The quantitative estimate of drug-likeness (QED) is 0.0751. The molecule has 10 N–H and O–H groups in total. The van der Waals surface area contributed by atoms with Crippen LogP contribution in [0.5, 0.6) is 0 Å². The lowest BCUT2D eigenvalue weighted by atomic mass is 10.1. The molecule has 0 aliphatic rings. The number of hydrogen-bond acceptors (Lipinski definition) is 13. The molecular formula is C58H71N13. The van der Waals surface area contributed by atoms with E-state index in [0.29, 0.717) is 26.2 Å². The van der Waals surface area contributed by atoms with E-state index in [1.807, 2.05) is 253 Å². The molecular weight excluding hydrogens is 879 g/mol. The van der Waals surface area contributed by atoms with Crippen LogP contribution in [0.1, 0.15) is 56.9 Å². The van der Waals surface area contributed by atoms with Gasteiger partial charge in [-0.05, 0) is 126 Å². The first-order valence-corrected chi connectivity index (χ1v) is 23.7. The Balaban J connectivity index is 0.000000312. The fraction of sp³-hybridized carbons (Fsp3) is 0.172. The lowest BCUT2D eigenvalue weighted by Crippen LogP contribution is -2.00. The zero-order valence-corrected chi connectivity index (χ0v) is 41.8. The Morgan fingerprint density at radius 3 is 0.775 bits per heavy atom. The fourth-order valence-electron chi connectivity index (χ4n) is 5.42. The van der Waals surface area contributed by atoms with Crippen LogP contribution < -0.4 is 28.7 Å². The largest absolute Gasteiger partial charge is 0.331 e. The molecule has 0 aliphatic heterocycles. The highest BCUT2D eigenvalue weighted by atomic mass is 15.1.